The zero-order valence-corrected chi connectivity index (χ0v) is 17.1. The van der Waals surface area contributed by atoms with Crippen molar-refractivity contribution in [2.75, 3.05) is 0 Å². The van der Waals surface area contributed by atoms with Gasteiger partial charge in [0.2, 0.25) is 5.78 Å². The molecule has 0 saturated heterocycles. The van der Waals surface area contributed by atoms with Crippen molar-refractivity contribution in [2.45, 2.75) is 48.0 Å². The summed E-state index contributed by atoms with van der Waals surface area (Å²) in [5.41, 5.74) is 2.64. The Morgan fingerprint density at radius 1 is 0.926 bits per heavy atom. The molecule has 1 aliphatic heterocycles. The number of nitrogens with zero attached hydrogens (tertiary/aromatic N) is 1. The van der Waals surface area contributed by atoms with Crippen LogP contribution in [0, 0.1) is 0 Å². The number of H-pyrrole nitrogens is 1. The number of para-hydroxylation sites is 2. The first-order valence-electron chi connectivity index (χ1n) is 9.69. The number of carbonyl (C=O) groups is 1. The number of nitrogens with one attached hydrogen (secondary N) is 1. The third-order valence-electron chi connectivity index (χ3n) is 3.51. The van der Waals surface area contributed by atoms with E-state index >= 15 is 0 Å². The summed E-state index contributed by atoms with van der Waals surface area (Å²) in [6, 6.07) is 14.5. The molecule has 1 aliphatic rings. The molecule has 0 radical (unpaired) electrons. The number of rotatable bonds is 1. The molecule has 3 aromatic rings. The number of benzene rings is 2. The lowest BCUT2D eigenvalue weighted by Crippen LogP contribution is -2.11. The predicted molar refractivity (Wildman–Crippen MR) is 116 cm³/mol. The Morgan fingerprint density at radius 3 is 2.07 bits per heavy atom. The number of aromatic nitrogens is 1. The van der Waals surface area contributed by atoms with Crippen molar-refractivity contribution in [1.29, 1.82) is 0 Å². The molecule has 0 atom stereocenters. The lowest BCUT2D eigenvalue weighted by atomic mass is 10.1. The number of carbonyl (C=O) groups excluding carboxylic acids is 1. The Bertz CT molecular complexity index is 908. The predicted octanol–water partition coefficient (Wildman–Crippen LogP) is 6.66. The number of Topliss-reactive ketones (excluding diaryl/α,β-unsaturated/α-hetero) is 1. The van der Waals surface area contributed by atoms with Crippen LogP contribution in [0.5, 0.6) is 5.75 Å². The van der Waals surface area contributed by atoms with Gasteiger partial charge in [0.05, 0.1) is 5.69 Å². The van der Waals surface area contributed by atoms with Crippen molar-refractivity contribution in [3.63, 3.8) is 0 Å². The molecule has 1 aromatic heterocycles. The highest BCUT2D eigenvalue weighted by Gasteiger charge is 2.29. The number of fused-ring (bicyclic) bond motifs is 2. The van der Waals surface area contributed by atoms with E-state index in [9.17, 15) is 9.90 Å². The fraction of sp³-hybridized carbons (Fsp3) is 0.304. The minimum Gasteiger partial charge on any atom is -0.505 e. The van der Waals surface area contributed by atoms with Crippen molar-refractivity contribution in [2.24, 2.45) is 4.99 Å². The number of ketones is 1. The normalized spacial score (nSPS) is 11.2. The molecule has 2 heterocycles. The van der Waals surface area contributed by atoms with Gasteiger partial charge in [-0.25, -0.2) is 4.99 Å². The van der Waals surface area contributed by atoms with Crippen LogP contribution in [0.25, 0.3) is 10.9 Å². The second kappa shape index (κ2) is 11.0. The van der Waals surface area contributed by atoms with E-state index in [2.05, 4.69) is 23.8 Å². The van der Waals surface area contributed by atoms with Gasteiger partial charge in [0.15, 0.2) is 5.75 Å². The summed E-state index contributed by atoms with van der Waals surface area (Å²) < 4.78 is 0. The summed E-state index contributed by atoms with van der Waals surface area (Å²) in [5.74, 6) is -0.0945. The van der Waals surface area contributed by atoms with Gasteiger partial charge in [-0.1, -0.05) is 72.2 Å². The molecular weight excluding hydrogens is 336 g/mol. The average Bonchev–Trinajstić information content (AvgIpc) is 3.23. The smallest absolute Gasteiger partial charge is 0.215 e. The highest BCUT2D eigenvalue weighted by atomic mass is 16.3. The second-order valence-electron chi connectivity index (χ2n) is 5.41. The molecule has 2 N–H and O–H groups in total. The van der Waals surface area contributed by atoms with E-state index in [1.807, 2.05) is 52.0 Å². The maximum absolute atomic E-state index is 12.4. The van der Waals surface area contributed by atoms with Crippen molar-refractivity contribution < 1.29 is 9.90 Å². The van der Waals surface area contributed by atoms with Crippen LogP contribution in [0.15, 0.2) is 53.5 Å². The fourth-order valence-electron chi connectivity index (χ4n) is 2.53. The first kappa shape index (κ1) is 22.2. The monoisotopic (exact) mass is 366 g/mol. The number of hydrogen-bond acceptors (Lipinski definition) is 3. The van der Waals surface area contributed by atoms with Gasteiger partial charge in [0.25, 0.3) is 0 Å². The molecule has 4 rings (SSSR count). The maximum atomic E-state index is 12.4. The van der Waals surface area contributed by atoms with Gasteiger partial charge >= 0.3 is 0 Å². The van der Waals surface area contributed by atoms with Gasteiger partial charge in [-0.05, 0) is 24.3 Å². The molecule has 4 heteroatoms. The summed E-state index contributed by atoms with van der Waals surface area (Å²) in [5, 5.41) is 11.0. The molecule has 0 bridgehead atoms. The average molecular weight is 367 g/mol. The zero-order valence-electron chi connectivity index (χ0n) is 17.1. The van der Waals surface area contributed by atoms with E-state index in [1.54, 1.807) is 24.3 Å². The highest BCUT2D eigenvalue weighted by molar-refractivity contribution is 6.55. The van der Waals surface area contributed by atoms with Gasteiger partial charge in [-0.2, -0.15) is 0 Å². The molecule has 144 valence electrons. The minimum absolute atomic E-state index is 0.0699. The molecule has 0 fully saturated rings. The van der Waals surface area contributed by atoms with E-state index in [1.165, 1.54) is 6.42 Å². The van der Waals surface area contributed by atoms with Crippen LogP contribution in [0.1, 0.15) is 64.0 Å². The van der Waals surface area contributed by atoms with Gasteiger partial charge in [-0.15, -0.1) is 0 Å². The maximum Gasteiger partial charge on any atom is 0.215 e. The van der Waals surface area contributed by atoms with Crippen LogP contribution in [0.2, 0.25) is 0 Å². The molecular formula is C23H30N2O2. The molecule has 0 spiro atoms. The van der Waals surface area contributed by atoms with Crippen LogP contribution in [0.3, 0.4) is 0 Å². The number of aromatic hydroxyl groups is 1. The zero-order chi connectivity index (χ0) is 20.4. The Kier molecular flexibility index (Phi) is 9.00. The molecule has 0 amide bonds. The second-order valence-corrected chi connectivity index (χ2v) is 5.41. The van der Waals surface area contributed by atoms with Crippen molar-refractivity contribution in [3.05, 3.63) is 59.8 Å². The Morgan fingerprint density at radius 2 is 1.48 bits per heavy atom. The fourth-order valence-corrected chi connectivity index (χ4v) is 2.53. The lowest BCUT2D eigenvalue weighted by molar-refractivity contribution is 0.107. The summed E-state index contributed by atoms with van der Waals surface area (Å²) >= 11 is 0. The Hall–Kier alpha value is -2.88. The van der Waals surface area contributed by atoms with E-state index in [4.69, 9.17) is 0 Å². The first-order valence-corrected chi connectivity index (χ1v) is 9.69. The standard InChI is InChI=1S/C16H10N2O2.C3H8.2C2H6/c19-15-9-5-1-3-7-11(9)17-13(15)14-16(20)10-6-2-4-8-12(10)18-14;1-3-2;2*1-2/h1-8,17,19H;3H2,1-2H3;2*1-2H3. The van der Waals surface area contributed by atoms with Gasteiger partial charge in [0.1, 0.15) is 11.4 Å². The molecule has 0 unspecified atom stereocenters. The Labute approximate surface area is 162 Å². The molecule has 4 nitrogen and oxygen atoms in total. The molecule has 0 aliphatic carbocycles. The molecule has 0 saturated carbocycles. The van der Waals surface area contributed by atoms with Gasteiger partial charge in [0, 0.05) is 16.5 Å². The van der Waals surface area contributed by atoms with Gasteiger partial charge < -0.3 is 10.1 Å². The van der Waals surface area contributed by atoms with Crippen molar-refractivity contribution >= 4 is 28.1 Å². The van der Waals surface area contributed by atoms with Crippen molar-refractivity contribution in [1.82, 2.24) is 4.98 Å². The van der Waals surface area contributed by atoms with E-state index in [0.717, 1.165) is 5.52 Å². The number of hydrogen-bond donors (Lipinski definition) is 2. The van der Waals surface area contributed by atoms with Crippen LogP contribution < -0.4 is 0 Å². The number of aliphatic imine (C=N–C) groups is 1. The van der Waals surface area contributed by atoms with Crippen LogP contribution in [0.4, 0.5) is 5.69 Å². The van der Waals surface area contributed by atoms with Crippen molar-refractivity contribution in [3.8, 4) is 5.75 Å². The van der Waals surface area contributed by atoms with Crippen LogP contribution in [-0.2, 0) is 0 Å². The third kappa shape index (κ3) is 4.64. The molecule has 2 aromatic carbocycles. The Balaban J connectivity index is 0.000000466. The quantitative estimate of drug-likeness (QED) is 0.506. The number of aromatic amines is 1. The summed E-state index contributed by atoms with van der Waals surface area (Å²) in [6.45, 7) is 12.2. The van der Waals surface area contributed by atoms with E-state index < -0.39 is 0 Å². The third-order valence-corrected chi connectivity index (χ3v) is 3.51. The topological polar surface area (TPSA) is 65.5 Å². The largest absolute Gasteiger partial charge is 0.505 e. The first-order chi connectivity index (χ1) is 13.2. The summed E-state index contributed by atoms with van der Waals surface area (Å²) in [4.78, 5) is 19.8. The summed E-state index contributed by atoms with van der Waals surface area (Å²) in [6.07, 6.45) is 1.25. The van der Waals surface area contributed by atoms with E-state index in [0.29, 0.717) is 22.3 Å². The van der Waals surface area contributed by atoms with Crippen LogP contribution >= 0.6 is 0 Å². The lowest BCUT2D eigenvalue weighted by Gasteiger charge is -1.96. The van der Waals surface area contributed by atoms with Crippen LogP contribution in [-0.4, -0.2) is 21.6 Å². The minimum atomic E-state index is -0.164. The van der Waals surface area contributed by atoms with Gasteiger partial charge in [-0.3, -0.25) is 4.79 Å². The molecule has 27 heavy (non-hydrogen) atoms. The van der Waals surface area contributed by atoms with E-state index in [-0.39, 0.29) is 17.2 Å². The SMILES string of the molecule is CC.CC.CCC.O=C1C(c2[nH]c3ccccc3c2O)=Nc2ccccc21. The highest BCUT2D eigenvalue weighted by Crippen LogP contribution is 2.34. The summed E-state index contributed by atoms with van der Waals surface area (Å²) in [7, 11) is 0.